The number of rotatable bonds is 5. The van der Waals surface area contributed by atoms with Gasteiger partial charge in [-0.05, 0) is 50.3 Å². The van der Waals surface area contributed by atoms with Crippen molar-refractivity contribution in [1.82, 2.24) is 4.72 Å². The number of nitrogens with one attached hydrogen (secondary N) is 1. The molecule has 0 aromatic heterocycles. The molecule has 0 amide bonds. The van der Waals surface area contributed by atoms with Gasteiger partial charge in [-0.15, -0.1) is 0 Å². The minimum absolute atomic E-state index is 0.00407. The van der Waals surface area contributed by atoms with Crippen molar-refractivity contribution < 1.29 is 8.42 Å². The second-order valence-electron chi connectivity index (χ2n) is 5.81. The lowest BCUT2D eigenvalue weighted by Crippen LogP contribution is -2.37. The average molecular weight is 296 g/mol. The summed E-state index contributed by atoms with van der Waals surface area (Å²) in [6, 6.07) is 6.72. The van der Waals surface area contributed by atoms with Crippen LogP contribution in [0.5, 0.6) is 0 Å². The third-order valence-corrected chi connectivity index (χ3v) is 5.74. The number of sulfonamides is 1. The van der Waals surface area contributed by atoms with Gasteiger partial charge in [-0.25, -0.2) is 13.1 Å². The first-order chi connectivity index (χ1) is 9.40. The molecule has 0 aliphatic heterocycles. The molecule has 3 N–H and O–H groups in total. The van der Waals surface area contributed by atoms with Gasteiger partial charge in [0.2, 0.25) is 10.0 Å². The van der Waals surface area contributed by atoms with Gasteiger partial charge in [0, 0.05) is 12.1 Å². The molecule has 1 aliphatic carbocycles. The molecule has 20 heavy (non-hydrogen) atoms. The van der Waals surface area contributed by atoms with E-state index in [1.54, 1.807) is 24.3 Å². The first-order valence-corrected chi connectivity index (χ1v) is 8.76. The van der Waals surface area contributed by atoms with Crippen molar-refractivity contribution in [2.24, 2.45) is 11.7 Å². The Morgan fingerprint density at radius 1 is 1.15 bits per heavy atom. The molecule has 1 aromatic carbocycles. The third kappa shape index (κ3) is 3.59. The van der Waals surface area contributed by atoms with Gasteiger partial charge in [0.1, 0.15) is 0 Å². The highest BCUT2D eigenvalue weighted by Crippen LogP contribution is 2.28. The molecule has 1 fully saturated rings. The molecular formula is C15H24N2O2S. The molecule has 1 aliphatic rings. The Hall–Kier alpha value is -0.910. The van der Waals surface area contributed by atoms with Crippen molar-refractivity contribution in [2.45, 2.75) is 56.5 Å². The second kappa shape index (κ2) is 6.24. The fraction of sp³-hybridized carbons (Fsp3) is 0.600. The van der Waals surface area contributed by atoms with E-state index in [1.165, 1.54) is 12.8 Å². The molecule has 1 saturated carbocycles. The van der Waals surface area contributed by atoms with E-state index >= 15 is 0 Å². The van der Waals surface area contributed by atoms with Crippen LogP contribution in [0.2, 0.25) is 0 Å². The van der Waals surface area contributed by atoms with Gasteiger partial charge in [0.05, 0.1) is 4.90 Å². The molecule has 0 heterocycles. The number of benzene rings is 1. The normalized spacial score (nSPS) is 19.9. The molecule has 5 heteroatoms. The summed E-state index contributed by atoms with van der Waals surface area (Å²) in [7, 11) is -3.43. The molecule has 0 saturated heterocycles. The van der Waals surface area contributed by atoms with Gasteiger partial charge in [-0.1, -0.05) is 25.0 Å². The standard InChI is InChI=1S/C15H24N2O2S/c1-11(16)13-7-9-15(10-8-13)20(18,19)17-12(2)14-5-3-4-6-14/h7-12,14,17H,3-6,16H2,1-2H3. The van der Waals surface area contributed by atoms with E-state index < -0.39 is 10.0 Å². The Bertz CT molecular complexity index is 531. The summed E-state index contributed by atoms with van der Waals surface area (Å²) in [5.41, 5.74) is 6.71. The predicted molar refractivity (Wildman–Crippen MR) is 80.8 cm³/mol. The van der Waals surface area contributed by atoms with Gasteiger partial charge in [-0.3, -0.25) is 0 Å². The fourth-order valence-electron chi connectivity index (χ4n) is 2.82. The Balaban J connectivity index is 2.09. The van der Waals surface area contributed by atoms with E-state index in [2.05, 4.69) is 4.72 Å². The monoisotopic (exact) mass is 296 g/mol. The SMILES string of the molecule is CC(N)c1ccc(S(=O)(=O)NC(C)C2CCCC2)cc1. The summed E-state index contributed by atoms with van der Waals surface area (Å²) in [5, 5.41) is 0. The van der Waals surface area contributed by atoms with Crippen molar-refractivity contribution >= 4 is 10.0 Å². The summed E-state index contributed by atoms with van der Waals surface area (Å²) < 4.78 is 27.5. The third-order valence-electron chi connectivity index (χ3n) is 4.16. The largest absolute Gasteiger partial charge is 0.324 e. The smallest absolute Gasteiger partial charge is 0.240 e. The molecular weight excluding hydrogens is 272 g/mol. The highest BCUT2D eigenvalue weighted by Gasteiger charge is 2.26. The molecule has 0 radical (unpaired) electrons. The maximum absolute atomic E-state index is 12.3. The van der Waals surface area contributed by atoms with Crippen LogP contribution in [0.25, 0.3) is 0 Å². The van der Waals surface area contributed by atoms with Crippen LogP contribution in [-0.4, -0.2) is 14.5 Å². The van der Waals surface area contributed by atoms with Crippen LogP contribution in [0.3, 0.4) is 0 Å². The molecule has 112 valence electrons. The predicted octanol–water partition coefficient (Wildman–Crippen LogP) is 2.56. The Labute approximate surface area is 121 Å². The minimum atomic E-state index is -3.43. The van der Waals surface area contributed by atoms with Gasteiger partial charge < -0.3 is 5.73 Å². The van der Waals surface area contributed by atoms with E-state index in [4.69, 9.17) is 5.73 Å². The van der Waals surface area contributed by atoms with Gasteiger partial charge in [0.15, 0.2) is 0 Å². The lowest BCUT2D eigenvalue weighted by Gasteiger charge is -2.20. The highest BCUT2D eigenvalue weighted by atomic mass is 32.2. The van der Waals surface area contributed by atoms with Crippen molar-refractivity contribution in [1.29, 1.82) is 0 Å². The van der Waals surface area contributed by atoms with Crippen molar-refractivity contribution in [3.05, 3.63) is 29.8 Å². The molecule has 0 bridgehead atoms. The second-order valence-corrected chi connectivity index (χ2v) is 7.53. The van der Waals surface area contributed by atoms with Crippen LogP contribution in [0.4, 0.5) is 0 Å². The summed E-state index contributed by atoms with van der Waals surface area (Å²) in [6.07, 6.45) is 4.65. The highest BCUT2D eigenvalue weighted by molar-refractivity contribution is 7.89. The van der Waals surface area contributed by atoms with E-state index in [0.29, 0.717) is 10.8 Å². The maximum atomic E-state index is 12.3. The van der Waals surface area contributed by atoms with Crippen molar-refractivity contribution in [3.63, 3.8) is 0 Å². The first kappa shape index (κ1) is 15.5. The van der Waals surface area contributed by atoms with Crippen LogP contribution in [0, 0.1) is 5.92 Å². The molecule has 0 spiro atoms. The number of nitrogens with two attached hydrogens (primary N) is 1. The summed E-state index contributed by atoms with van der Waals surface area (Å²) in [4.78, 5) is 0.312. The molecule has 2 atom stereocenters. The zero-order valence-electron chi connectivity index (χ0n) is 12.2. The molecule has 2 unspecified atom stereocenters. The lowest BCUT2D eigenvalue weighted by molar-refractivity contribution is 0.424. The molecule has 1 aromatic rings. The number of hydrogen-bond acceptors (Lipinski definition) is 3. The van der Waals surface area contributed by atoms with Crippen LogP contribution < -0.4 is 10.5 Å². The van der Waals surface area contributed by atoms with Gasteiger partial charge in [0.25, 0.3) is 0 Å². The van der Waals surface area contributed by atoms with Crippen LogP contribution in [0.15, 0.2) is 29.2 Å². The van der Waals surface area contributed by atoms with Gasteiger partial charge in [-0.2, -0.15) is 0 Å². The quantitative estimate of drug-likeness (QED) is 0.877. The lowest BCUT2D eigenvalue weighted by atomic mass is 10.0. The summed E-state index contributed by atoms with van der Waals surface area (Å²) in [5.74, 6) is 0.466. The molecule has 2 rings (SSSR count). The van der Waals surface area contributed by atoms with E-state index in [9.17, 15) is 8.42 Å². The zero-order chi connectivity index (χ0) is 14.8. The minimum Gasteiger partial charge on any atom is -0.324 e. The van der Waals surface area contributed by atoms with Crippen LogP contribution >= 0.6 is 0 Å². The van der Waals surface area contributed by atoms with Crippen LogP contribution in [0.1, 0.15) is 51.1 Å². The van der Waals surface area contributed by atoms with Gasteiger partial charge >= 0.3 is 0 Å². The molecule has 4 nitrogen and oxygen atoms in total. The number of hydrogen-bond donors (Lipinski definition) is 2. The van der Waals surface area contributed by atoms with E-state index in [-0.39, 0.29) is 12.1 Å². The fourth-order valence-corrected chi connectivity index (χ4v) is 4.13. The van der Waals surface area contributed by atoms with E-state index in [1.807, 2.05) is 13.8 Å². The maximum Gasteiger partial charge on any atom is 0.240 e. The summed E-state index contributed by atoms with van der Waals surface area (Å²) in [6.45, 7) is 3.84. The van der Waals surface area contributed by atoms with Crippen molar-refractivity contribution in [3.8, 4) is 0 Å². The average Bonchev–Trinajstić information content (AvgIpc) is 2.92. The van der Waals surface area contributed by atoms with Crippen LogP contribution in [-0.2, 0) is 10.0 Å². The van der Waals surface area contributed by atoms with E-state index in [0.717, 1.165) is 18.4 Å². The Morgan fingerprint density at radius 2 is 1.70 bits per heavy atom. The Morgan fingerprint density at radius 3 is 2.20 bits per heavy atom. The van der Waals surface area contributed by atoms with Crippen molar-refractivity contribution in [2.75, 3.05) is 0 Å². The Kier molecular flexibility index (Phi) is 4.83. The first-order valence-electron chi connectivity index (χ1n) is 7.28. The summed E-state index contributed by atoms with van der Waals surface area (Å²) >= 11 is 0. The zero-order valence-corrected chi connectivity index (χ0v) is 13.0. The topological polar surface area (TPSA) is 72.2 Å².